The molecular formula is C16H25N3O3S. The lowest BCUT2D eigenvalue weighted by Crippen LogP contribution is -2.47. The third-order valence-corrected chi connectivity index (χ3v) is 6.09. The molecule has 2 rings (SSSR count). The van der Waals surface area contributed by atoms with E-state index in [4.69, 9.17) is 5.73 Å². The number of sulfonamides is 1. The molecule has 0 radical (unpaired) electrons. The van der Waals surface area contributed by atoms with Gasteiger partial charge in [-0.3, -0.25) is 4.79 Å². The third kappa shape index (κ3) is 5.21. The Labute approximate surface area is 138 Å². The first-order valence-corrected chi connectivity index (χ1v) is 9.63. The summed E-state index contributed by atoms with van der Waals surface area (Å²) in [5.74, 6) is 0.158. The number of anilines is 1. The zero-order valence-corrected chi connectivity index (χ0v) is 14.3. The lowest BCUT2D eigenvalue weighted by Gasteiger charge is -2.31. The number of nitrogens with zero attached hydrogens (tertiary/aromatic N) is 1. The Bertz CT molecular complexity index is 620. The zero-order chi connectivity index (χ0) is 16.9. The van der Waals surface area contributed by atoms with Crippen molar-refractivity contribution in [1.29, 1.82) is 0 Å². The Hall–Kier alpha value is -1.60. The molecule has 0 aromatic heterocycles. The second-order valence-corrected chi connectivity index (χ2v) is 8.06. The van der Waals surface area contributed by atoms with E-state index in [1.165, 1.54) is 0 Å². The van der Waals surface area contributed by atoms with Crippen LogP contribution >= 0.6 is 0 Å². The Morgan fingerprint density at radius 1 is 1.26 bits per heavy atom. The van der Waals surface area contributed by atoms with Gasteiger partial charge in [0, 0.05) is 24.8 Å². The van der Waals surface area contributed by atoms with E-state index in [1.807, 2.05) is 19.1 Å². The predicted octanol–water partition coefficient (Wildman–Crippen LogP) is 1.13. The molecule has 0 bridgehead atoms. The van der Waals surface area contributed by atoms with Crippen LogP contribution in [0.3, 0.4) is 0 Å². The summed E-state index contributed by atoms with van der Waals surface area (Å²) in [6.45, 7) is 2.83. The van der Waals surface area contributed by atoms with Crippen molar-refractivity contribution in [1.82, 2.24) is 9.62 Å². The van der Waals surface area contributed by atoms with Gasteiger partial charge in [0.2, 0.25) is 15.9 Å². The average Bonchev–Trinajstić information content (AvgIpc) is 2.50. The molecule has 1 aromatic rings. The van der Waals surface area contributed by atoms with E-state index in [1.54, 1.807) is 16.4 Å². The Morgan fingerprint density at radius 2 is 1.87 bits per heavy atom. The van der Waals surface area contributed by atoms with Gasteiger partial charge in [0.25, 0.3) is 0 Å². The average molecular weight is 339 g/mol. The van der Waals surface area contributed by atoms with E-state index in [2.05, 4.69) is 5.32 Å². The Balaban J connectivity index is 1.80. The van der Waals surface area contributed by atoms with Crippen LogP contribution in [-0.2, 0) is 21.2 Å². The van der Waals surface area contributed by atoms with E-state index in [0.717, 1.165) is 5.56 Å². The second kappa shape index (κ2) is 7.79. The van der Waals surface area contributed by atoms with Crippen molar-refractivity contribution in [3.8, 4) is 0 Å². The van der Waals surface area contributed by atoms with E-state index >= 15 is 0 Å². The fraction of sp³-hybridized carbons (Fsp3) is 0.562. The fourth-order valence-electron chi connectivity index (χ4n) is 2.76. The number of carbonyl (C=O) groups is 1. The minimum Gasteiger partial charge on any atom is -0.399 e. The van der Waals surface area contributed by atoms with Crippen LogP contribution in [0.15, 0.2) is 24.3 Å². The first-order chi connectivity index (χ1) is 10.9. The van der Waals surface area contributed by atoms with Crippen LogP contribution < -0.4 is 11.1 Å². The lowest BCUT2D eigenvalue weighted by molar-refractivity contribution is -0.121. The van der Waals surface area contributed by atoms with Crippen LogP contribution in [0.25, 0.3) is 0 Å². The standard InChI is InChI=1S/C16H25N3O3S/c1-2-11-23(21,22)19-9-7-15(8-10-19)18-16(20)12-13-3-5-14(17)6-4-13/h3-6,15H,2,7-12,17H2,1H3,(H,18,20). The van der Waals surface area contributed by atoms with Crippen LogP contribution in [0, 0.1) is 0 Å². The first kappa shape index (κ1) is 17.7. The third-order valence-electron chi connectivity index (χ3n) is 4.02. The zero-order valence-electron chi connectivity index (χ0n) is 13.5. The van der Waals surface area contributed by atoms with Gasteiger partial charge in [-0.25, -0.2) is 12.7 Å². The molecule has 0 saturated carbocycles. The van der Waals surface area contributed by atoms with Gasteiger partial charge in [0.05, 0.1) is 12.2 Å². The molecule has 0 atom stereocenters. The number of piperidine rings is 1. The summed E-state index contributed by atoms with van der Waals surface area (Å²) in [6.07, 6.45) is 2.27. The van der Waals surface area contributed by atoms with E-state index in [-0.39, 0.29) is 17.7 Å². The number of nitrogen functional groups attached to an aromatic ring is 1. The molecule has 0 spiro atoms. The smallest absolute Gasteiger partial charge is 0.224 e. The molecule has 1 aliphatic heterocycles. The Kier molecular flexibility index (Phi) is 6.01. The minimum absolute atomic E-state index is 0.0374. The maximum Gasteiger partial charge on any atom is 0.224 e. The molecule has 7 heteroatoms. The topological polar surface area (TPSA) is 92.5 Å². The highest BCUT2D eigenvalue weighted by molar-refractivity contribution is 7.89. The van der Waals surface area contributed by atoms with Crippen molar-refractivity contribution in [2.75, 3.05) is 24.6 Å². The summed E-state index contributed by atoms with van der Waals surface area (Å²) in [6, 6.07) is 7.28. The summed E-state index contributed by atoms with van der Waals surface area (Å²) in [7, 11) is -3.13. The number of nitrogens with two attached hydrogens (primary N) is 1. The van der Waals surface area contributed by atoms with Gasteiger partial charge < -0.3 is 11.1 Å². The molecule has 6 nitrogen and oxygen atoms in total. The van der Waals surface area contributed by atoms with Gasteiger partial charge in [-0.15, -0.1) is 0 Å². The van der Waals surface area contributed by atoms with E-state index < -0.39 is 10.0 Å². The van der Waals surface area contributed by atoms with Gasteiger partial charge in [-0.2, -0.15) is 0 Å². The molecule has 128 valence electrons. The monoisotopic (exact) mass is 339 g/mol. The van der Waals surface area contributed by atoms with Gasteiger partial charge >= 0.3 is 0 Å². The van der Waals surface area contributed by atoms with Gasteiger partial charge in [0.15, 0.2) is 0 Å². The van der Waals surface area contributed by atoms with Gasteiger partial charge in [-0.05, 0) is 37.0 Å². The fourth-order valence-corrected chi connectivity index (χ4v) is 4.31. The number of hydrogen-bond acceptors (Lipinski definition) is 4. The summed E-state index contributed by atoms with van der Waals surface area (Å²) >= 11 is 0. The molecule has 1 aliphatic rings. The summed E-state index contributed by atoms with van der Waals surface area (Å²) in [4.78, 5) is 12.1. The molecule has 0 aliphatic carbocycles. The van der Waals surface area contributed by atoms with E-state index in [0.29, 0.717) is 44.5 Å². The van der Waals surface area contributed by atoms with Crippen molar-refractivity contribution in [2.24, 2.45) is 0 Å². The number of hydrogen-bond donors (Lipinski definition) is 2. The number of carbonyl (C=O) groups excluding carboxylic acids is 1. The molecule has 23 heavy (non-hydrogen) atoms. The summed E-state index contributed by atoms with van der Waals surface area (Å²) in [5.41, 5.74) is 7.21. The highest BCUT2D eigenvalue weighted by atomic mass is 32.2. The second-order valence-electron chi connectivity index (χ2n) is 5.98. The number of nitrogens with one attached hydrogen (secondary N) is 1. The molecule has 1 fully saturated rings. The van der Waals surface area contributed by atoms with E-state index in [9.17, 15) is 13.2 Å². The molecule has 1 heterocycles. The van der Waals surface area contributed by atoms with Crippen molar-refractivity contribution in [2.45, 2.75) is 38.6 Å². The molecule has 1 amide bonds. The largest absolute Gasteiger partial charge is 0.399 e. The predicted molar refractivity (Wildman–Crippen MR) is 91.4 cm³/mol. The normalized spacial score (nSPS) is 17.1. The van der Waals surface area contributed by atoms with Gasteiger partial charge in [0.1, 0.15) is 0 Å². The highest BCUT2D eigenvalue weighted by Crippen LogP contribution is 2.15. The van der Waals surface area contributed by atoms with Crippen LogP contribution in [0.2, 0.25) is 0 Å². The highest BCUT2D eigenvalue weighted by Gasteiger charge is 2.27. The SMILES string of the molecule is CCCS(=O)(=O)N1CCC(NC(=O)Cc2ccc(N)cc2)CC1. The molecule has 0 unspecified atom stereocenters. The van der Waals surface area contributed by atoms with Crippen LogP contribution in [0.4, 0.5) is 5.69 Å². The molecular weight excluding hydrogens is 314 g/mol. The molecule has 1 aromatic carbocycles. The van der Waals surface area contributed by atoms with Crippen molar-refractivity contribution < 1.29 is 13.2 Å². The number of rotatable bonds is 6. The summed E-state index contributed by atoms with van der Waals surface area (Å²) in [5, 5.41) is 2.99. The number of benzene rings is 1. The first-order valence-electron chi connectivity index (χ1n) is 8.02. The number of amides is 1. The van der Waals surface area contributed by atoms with Gasteiger partial charge in [-0.1, -0.05) is 19.1 Å². The quantitative estimate of drug-likeness (QED) is 0.760. The Morgan fingerprint density at radius 3 is 2.43 bits per heavy atom. The van der Waals surface area contributed by atoms with Crippen molar-refractivity contribution in [3.05, 3.63) is 29.8 Å². The van der Waals surface area contributed by atoms with Crippen LogP contribution in [0.1, 0.15) is 31.7 Å². The molecule has 3 N–H and O–H groups in total. The minimum atomic E-state index is -3.13. The summed E-state index contributed by atoms with van der Waals surface area (Å²) < 4.78 is 25.6. The van der Waals surface area contributed by atoms with Crippen LogP contribution in [-0.4, -0.2) is 43.5 Å². The molecule has 1 saturated heterocycles. The lowest BCUT2D eigenvalue weighted by atomic mass is 10.1. The van der Waals surface area contributed by atoms with Crippen LogP contribution in [0.5, 0.6) is 0 Å². The van der Waals surface area contributed by atoms with Crippen molar-refractivity contribution >= 4 is 21.6 Å². The van der Waals surface area contributed by atoms with Crippen molar-refractivity contribution in [3.63, 3.8) is 0 Å². The maximum absolute atomic E-state index is 12.1. The maximum atomic E-state index is 12.1.